The van der Waals surface area contributed by atoms with Crippen LogP contribution < -0.4 is 5.32 Å². The van der Waals surface area contributed by atoms with Crippen molar-refractivity contribution in [2.24, 2.45) is 0 Å². The number of hydrogen-bond acceptors (Lipinski definition) is 4. The summed E-state index contributed by atoms with van der Waals surface area (Å²) in [5.41, 5.74) is -0.0745. The Bertz CT molecular complexity index is 512. The molecule has 1 aliphatic carbocycles. The first-order valence-electron chi connectivity index (χ1n) is 6.25. The number of nitrogens with one attached hydrogen (secondary N) is 1. The molecule has 1 aromatic heterocycles. The number of aromatic nitrogens is 3. The van der Waals surface area contributed by atoms with Gasteiger partial charge in [0.2, 0.25) is 5.91 Å². The van der Waals surface area contributed by atoms with Crippen molar-refractivity contribution in [1.82, 2.24) is 20.3 Å². The number of rotatable bonds is 4. The number of amides is 1. The molecule has 19 heavy (non-hydrogen) atoms. The van der Waals surface area contributed by atoms with Gasteiger partial charge in [0.05, 0.1) is 5.69 Å². The fourth-order valence-corrected chi connectivity index (χ4v) is 1.95. The van der Waals surface area contributed by atoms with Gasteiger partial charge in [0.1, 0.15) is 6.54 Å². The van der Waals surface area contributed by atoms with E-state index in [-0.39, 0.29) is 24.2 Å². The van der Waals surface area contributed by atoms with E-state index in [9.17, 15) is 9.59 Å². The second-order valence-corrected chi connectivity index (χ2v) is 5.84. The van der Waals surface area contributed by atoms with Crippen molar-refractivity contribution in [3.63, 3.8) is 0 Å². The summed E-state index contributed by atoms with van der Waals surface area (Å²) in [6.07, 6.45) is 2.02. The van der Waals surface area contributed by atoms with Crippen molar-refractivity contribution >= 4 is 11.9 Å². The second-order valence-electron chi connectivity index (χ2n) is 5.84. The van der Waals surface area contributed by atoms with E-state index in [2.05, 4.69) is 15.6 Å². The standard InChI is InChI=1S/C12H18N4O3/c1-12(2,3)10-9(11(18)19)14-15-16(10)6-8(17)13-7-4-5-7/h7H,4-6H2,1-3H3,(H,13,17)(H,18,19). The number of hydrogen-bond donors (Lipinski definition) is 2. The van der Waals surface area contributed by atoms with Crippen LogP contribution >= 0.6 is 0 Å². The maximum atomic E-state index is 11.8. The minimum Gasteiger partial charge on any atom is -0.476 e. The van der Waals surface area contributed by atoms with Crippen LogP contribution in [0.15, 0.2) is 0 Å². The number of carbonyl (C=O) groups excluding carboxylic acids is 1. The number of aromatic carboxylic acids is 1. The highest BCUT2D eigenvalue weighted by Crippen LogP contribution is 2.25. The van der Waals surface area contributed by atoms with Crippen LogP contribution in [0.1, 0.15) is 49.8 Å². The summed E-state index contributed by atoms with van der Waals surface area (Å²) in [6, 6.07) is 0.271. The van der Waals surface area contributed by atoms with Gasteiger partial charge < -0.3 is 10.4 Å². The minimum atomic E-state index is -1.13. The van der Waals surface area contributed by atoms with Gasteiger partial charge in [-0.15, -0.1) is 5.10 Å². The van der Waals surface area contributed by atoms with Crippen LogP contribution in [-0.4, -0.2) is 38.0 Å². The molecule has 1 heterocycles. The van der Waals surface area contributed by atoms with E-state index in [1.165, 1.54) is 4.68 Å². The number of nitrogens with zero attached hydrogens (tertiary/aromatic N) is 3. The number of carboxylic acids is 1. The summed E-state index contributed by atoms with van der Waals surface area (Å²) in [6.45, 7) is 5.61. The highest BCUT2D eigenvalue weighted by molar-refractivity contribution is 5.87. The third-order valence-corrected chi connectivity index (χ3v) is 2.88. The lowest BCUT2D eigenvalue weighted by atomic mass is 9.90. The highest BCUT2D eigenvalue weighted by Gasteiger charge is 2.30. The van der Waals surface area contributed by atoms with Gasteiger partial charge in [-0.05, 0) is 12.8 Å². The van der Waals surface area contributed by atoms with Crippen molar-refractivity contribution in [3.05, 3.63) is 11.4 Å². The van der Waals surface area contributed by atoms with Gasteiger partial charge in [-0.1, -0.05) is 26.0 Å². The van der Waals surface area contributed by atoms with Crippen LogP contribution in [0.5, 0.6) is 0 Å². The molecule has 1 amide bonds. The Morgan fingerprint density at radius 2 is 2.05 bits per heavy atom. The molecule has 1 saturated carbocycles. The molecular formula is C12H18N4O3. The SMILES string of the molecule is CC(C)(C)c1c(C(=O)O)nnn1CC(=O)NC1CC1. The van der Waals surface area contributed by atoms with Gasteiger partial charge in [-0.3, -0.25) is 4.79 Å². The summed E-state index contributed by atoms with van der Waals surface area (Å²) in [5, 5.41) is 19.4. The summed E-state index contributed by atoms with van der Waals surface area (Å²) >= 11 is 0. The van der Waals surface area contributed by atoms with E-state index in [0.29, 0.717) is 5.69 Å². The van der Waals surface area contributed by atoms with E-state index in [1.807, 2.05) is 20.8 Å². The summed E-state index contributed by atoms with van der Waals surface area (Å²) in [5.74, 6) is -1.28. The largest absolute Gasteiger partial charge is 0.476 e. The average Bonchev–Trinajstić information content (AvgIpc) is 2.93. The molecule has 1 fully saturated rings. The van der Waals surface area contributed by atoms with Crippen molar-refractivity contribution in [2.75, 3.05) is 0 Å². The van der Waals surface area contributed by atoms with Gasteiger partial charge in [0, 0.05) is 11.5 Å². The minimum absolute atomic E-state index is 0.00336. The molecule has 7 nitrogen and oxygen atoms in total. The Kier molecular flexibility index (Phi) is 3.30. The molecule has 0 aromatic carbocycles. The van der Waals surface area contributed by atoms with Crippen LogP contribution in [0.2, 0.25) is 0 Å². The Morgan fingerprint density at radius 3 is 2.53 bits per heavy atom. The maximum absolute atomic E-state index is 11.8. The first kappa shape index (κ1) is 13.5. The van der Waals surface area contributed by atoms with Crippen LogP contribution in [0.25, 0.3) is 0 Å². The Balaban J connectivity index is 2.24. The third kappa shape index (κ3) is 3.10. The van der Waals surface area contributed by atoms with Crippen molar-refractivity contribution < 1.29 is 14.7 Å². The molecule has 0 spiro atoms. The smallest absolute Gasteiger partial charge is 0.358 e. The zero-order valence-corrected chi connectivity index (χ0v) is 11.3. The molecule has 1 aliphatic rings. The zero-order chi connectivity index (χ0) is 14.2. The topological polar surface area (TPSA) is 97.1 Å². The number of carbonyl (C=O) groups is 2. The molecule has 0 atom stereocenters. The molecule has 0 aliphatic heterocycles. The molecule has 104 valence electrons. The van der Waals surface area contributed by atoms with E-state index < -0.39 is 11.4 Å². The molecule has 0 unspecified atom stereocenters. The molecule has 0 bridgehead atoms. The summed E-state index contributed by atoms with van der Waals surface area (Å²) in [4.78, 5) is 22.9. The molecule has 0 saturated heterocycles. The fourth-order valence-electron chi connectivity index (χ4n) is 1.95. The Morgan fingerprint density at radius 1 is 1.42 bits per heavy atom. The van der Waals surface area contributed by atoms with E-state index >= 15 is 0 Å². The van der Waals surface area contributed by atoms with E-state index in [1.54, 1.807) is 0 Å². The second kappa shape index (κ2) is 4.64. The molecule has 0 radical (unpaired) electrons. The fraction of sp³-hybridized carbons (Fsp3) is 0.667. The monoisotopic (exact) mass is 266 g/mol. The lowest BCUT2D eigenvalue weighted by molar-refractivity contribution is -0.122. The quantitative estimate of drug-likeness (QED) is 0.829. The molecule has 2 rings (SSSR count). The van der Waals surface area contributed by atoms with Crippen molar-refractivity contribution in [3.8, 4) is 0 Å². The van der Waals surface area contributed by atoms with Gasteiger partial charge in [0.15, 0.2) is 5.69 Å². The van der Waals surface area contributed by atoms with E-state index in [0.717, 1.165) is 12.8 Å². The zero-order valence-electron chi connectivity index (χ0n) is 11.3. The van der Waals surface area contributed by atoms with Gasteiger partial charge >= 0.3 is 5.97 Å². The molecule has 7 heteroatoms. The Hall–Kier alpha value is -1.92. The number of carboxylic acid groups (broad SMARTS) is 1. The molecule has 1 aromatic rings. The predicted octanol–water partition coefficient (Wildman–Crippen LogP) is 0.552. The third-order valence-electron chi connectivity index (χ3n) is 2.88. The first-order valence-corrected chi connectivity index (χ1v) is 6.25. The van der Waals surface area contributed by atoms with Gasteiger partial charge in [-0.2, -0.15) is 0 Å². The lowest BCUT2D eigenvalue weighted by Gasteiger charge is -2.20. The summed E-state index contributed by atoms with van der Waals surface area (Å²) < 4.78 is 1.38. The average molecular weight is 266 g/mol. The van der Waals surface area contributed by atoms with Crippen LogP contribution in [0.4, 0.5) is 0 Å². The highest BCUT2D eigenvalue weighted by atomic mass is 16.4. The van der Waals surface area contributed by atoms with Crippen molar-refractivity contribution in [2.45, 2.75) is 51.6 Å². The maximum Gasteiger partial charge on any atom is 0.358 e. The van der Waals surface area contributed by atoms with Crippen molar-refractivity contribution in [1.29, 1.82) is 0 Å². The lowest BCUT2D eigenvalue weighted by Crippen LogP contribution is -2.32. The van der Waals surface area contributed by atoms with E-state index in [4.69, 9.17) is 5.11 Å². The van der Waals surface area contributed by atoms with Gasteiger partial charge in [-0.25, -0.2) is 9.48 Å². The van der Waals surface area contributed by atoms with Crippen LogP contribution in [0, 0.1) is 0 Å². The van der Waals surface area contributed by atoms with Crippen LogP contribution in [-0.2, 0) is 16.8 Å². The Labute approximate surface area is 111 Å². The predicted molar refractivity (Wildman–Crippen MR) is 66.8 cm³/mol. The van der Waals surface area contributed by atoms with Gasteiger partial charge in [0.25, 0.3) is 0 Å². The normalized spacial score (nSPS) is 15.3. The first-order chi connectivity index (χ1) is 8.79. The summed E-state index contributed by atoms with van der Waals surface area (Å²) in [7, 11) is 0. The molecular weight excluding hydrogens is 248 g/mol. The van der Waals surface area contributed by atoms with Crippen LogP contribution in [0.3, 0.4) is 0 Å². The molecule has 2 N–H and O–H groups in total.